The summed E-state index contributed by atoms with van der Waals surface area (Å²) in [4.78, 5) is 0. The van der Waals surface area contributed by atoms with Gasteiger partial charge in [-0.1, -0.05) is 0 Å². The van der Waals surface area contributed by atoms with E-state index in [0.717, 1.165) is 12.5 Å². The summed E-state index contributed by atoms with van der Waals surface area (Å²) in [6, 6.07) is 0.842. The molecule has 5 heteroatoms. The second-order valence-corrected chi connectivity index (χ2v) is 5.06. The predicted molar refractivity (Wildman–Crippen MR) is 50.5 cm³/mol. The van der Waals surface area contributed by atoms with Gasteiger partial charge in [-0.05, 0) is 12.5 Å². The molecule has 0 aliphatic rings. The van der Waals surface area contributed by atoms with Crippen molar-refractivity contribution in [3.8, 4) is 0 Å². The van der Waals surface area contributed by atoms with Crippen LogP contribution in [0, 0.1) is 0 Å². The van der Waals surface area contributed by atoms with Crippen molar-refractivity contribution in [2.24, 2.45) is 0 Å². The number of thiol groups is 1. The highest BCUT2D eigenvalue weighted by Gasteiger charge is 2.11. The van der Waals surface area contributed by atoms with Crippen molar-refractivity contribution >= 4 is 21.9 Å². The fraction of sp³-hybridized carbons (Fsp3) is 1.00. The third kappa shape index (κ3) is 5.69. The van der Waals surface area contributed by atoms with Crippen molar-refractivity contribution in [2.45, 2.75) is 18.6 Å². The fourth-order valence-electron chi connectivity index (χ4n) is 0.752. The second-order valence-electron chi connectivity index (χ2n) is 2.31. The smallest absolute Gasteiger partial charge is 0.320 e. The molecular weight excluding hydrogens is 180 g/mol. The van der Waals surface area contributed by atoms with Gasteiger partial charge in [0.1, 0.15) is 0 Å². The van der Waals surface area contributed by atoms with Crippen molar-refractivity contribution < 1.29 is 14.0 Å². The first-order valence-corrected chi connectivity index (χ1v) is 5.98. The van der Waals surface area contributed by atoms with E-state index in [1.54, 1.807) is 14.2 Å². The molecule has 0 spiro atoms. The number of aliphatic hydroxyl groups is 1. The van der Waals surface area contributed by atoms with E-state index in [-0.39, 0.29) is 6.10 Å². The zero-order valence-corrected chi connectivity index (χ0v) is 9.04. The molecule has 0 aromatic carbocycles. The van der Waals surface area contributed by atoms with Crippen LogP contribution in [0.3, 0.4) is 0 Å². The average molecular weight is 196 g/mol. The zero-order valence-electron chi connectivity index (χ0n) is 6.99. The molecule has 0 saturated carbocycles. The first-order chi connectivity index (χ1) is 5.24. The van der Waals surface area contributed by atoms with Gasteiger partial charge in [0.2, 0.25) is 0 Å². The van der Waals surface area contributed by atoms with Crippen molar-refractivity contribution in [1.82, 2.24) is 0 Å². The summed E-state index contributed by atoms with van der Waals surface area (Å²) in [6.45, 7) is 0. The Labute approximate surface area is 75.0 Å². The van der Waals surface area contributed by atoms with Crippen LogP contribution in [0.5, 0.6) is 0 Å². The van der Waals surface area contributed by atoms with E-state index in [1.807, 2.05) is 0 Å². The maximum Gasteiger partial charge on any atom is 0.320 e. The molecule has 1 unspecified atom stereocenters. The first kappa shape index (κ1) is 11.4. The minimum Gasteiger partial charge on any atom is -0.400 e. The number of hydrogen-bond acceptors (Lipinski definition) is 4. The Morgan fingerprint density at radius 1 is 1.45 bits per heavy atom. The molecule has 0 saturated heterocycles. The zero-order chi connectivity index (χ0) is 8.69. The molecule has 3 nitrogen and oxygen atoms in total. The van der Waals surface area contributed by atoms with Crippen LogP contribution in [0.15, 0.2) is 0 Å². The van der Waals surface area contributed by atoms with E-state index in [1.165, 1.54) is 0 Å². The van der Waals surface area contributed by atoms with Gasteiger partial charge in [0, 0.05) is 20.0 Å². The van der Waals surface area contributed by atoms with Crippen molar-refractivity contribution in [1.29, 1.82) is 0 Å². The molecule has 0 aliphatic carbocycles. The van der Waals surface area contributed by atoms with Crippen LogP contribution < -0.4 is 0 Å². The molecule has 0 fully saturated rings. The Balaban J connectivity index is 3.34. The lowest BCUT2D eigenvalue weighted by atomic mass is 10.3. The number of aliphatic hydroxyl groups excluding tert-OH is 1. The summed E-state index contributed by atoms with van der Waals surface area (Å²) in [5.74, 6) is 0.508. The largest absolute Gasteiger partial charge is 0.400 e. The van der Waals surface area contributed by atoms with Gasteiger partial charge in [-0.2, -0.15) is 12.6 Å². The van der Waals surface area contributed by atoms with Crippen LogP contribution in [0.2, 0.25) is 6.04 Å². The van der Waals surface area contributed by atoms with Gasteiger partial charge in [-0.25, -0.2) is 0 Å². The Hall–Kier alpha value is 0.447. The molecule has 1 atom stereocenters. The van der Waals surface area contributed by atoms with Crippen LogP contribution >= 0.6 is 12.6 Å². The summed E-state index contributed by atoms with van der Waals surface area (Å²) in [5, 5.41) is 9.13. The molecule has 0 bridgehead atoms. The second kappa shape index (κ2) is 7.12. The van der Waals surface area contributed by atoms with Crippen LogP contribution in [0.25, 0.3) is 0 Å². The summed E-state index contributed by atoms with van der Waals surface area (Å²) in [6.07, 6.45) is 0.404. The highest BCUT2D eigenvalue weighted by Crippen LogP contribution is 2.04. The topological polar surface area (TPSA) is 38.7 Å². The molecule has 0 aromatic rings. The summed E-state index contributed by atoms with van der Waals surface area (Å²) >= 11 is 3.96. The minimum atomic E-state index is -1.46. The van der Waals surface area contributed by atoms with E-state index < -0.39 is 9.28 Å². The molecule has 0 radical (unpaired) electrons. The minimum absolute atomic E-state index is 0.321. The van der Waals surface area contributed by atoms with Crippen LogP contribution in [0.1, 0.15) is 6.42 Å². The Morgan fingerprint density at radius 3 is 2.36 bits per heavy atom. The van der Waals surface area contributed by atoms with Crippen LogP contribution in [-0.2, 0) is 8.85 Å². The predicted octanol–water partition coefficient (Wildman–Crippen LogP) is 0.180. The molecule has 68 valence electrons. The van der Waals surface area contributed by atoms with E-state index in [0.29, 0.717) is 5.75 Å². The maximum absolute atomic E-state index is 9.13. The molecule has 0 heterocycles. The summed E-state index contributed by atoms with van der Waals surface area (Å²) in [7, 11) is 1.84. The molecule has 1 N–H and O–H groups in total. The van der Waals surface area contributed by atoms with E-state index in [9.17, 15) is 0 Å². The van der Waals surface area contributed by atoms with Crippen molar-refractivity contribution in [3.63, 3.8) is 0 Å². The highest BCUT2D eigenvalue weighted by molar-refractivity contribution is 7.80. The number of rotatable bonds is 6. The standard InChI is InChI=1S/C6H16O3SSi/c1-8-11(9-2)4-3-6(7)5-10/h6-7,10-11H,3-5H2,1-2H3. The van der Waals surface area contributed by atoms with Crippen molar-refractivity contribution in [3.05, 3.63) is 0 Å². The lowest BCUT2D eigenvalue weighted by molar-refractivity contribution is 0.188. The van der Waals surface area contributed by atoms with Gasteiger partial charge in [-0.15, -0.1) is 0 Å². The normalized spacial score (nSPS) is 13.9. The van der Waals surface area contributed by atoms with Gasteiger partial charge in [-0.3, -0.25) is 0 Å². The van der Waals surface area contributed by atoms with Gasteiger partial charge in [0.25, 0.3) is 0 Å². The molecule has 0 rings (SSSR count). The van der Waals surface area contributed by atoms with E-state index in [4.69, 9.17) is 14.0 Å². The Kier molecular flexibility index (Phi) is 7.40. The Bertz CT molecular complexity index is 89.9. The molecular formula is C6H16O3SSi. The Morgan fingerprint density at radius 2 is 2.00 bits per heavy atom. The average Bonchev–Trinajstić information content (AvgIpc) is 2.06. The quantitative estimate of drug-likeness (QED) is 0.470. The van der Waals surface area contributed by atoms with Gasteiger partial charge in [0.15, 0.2) is 0 Å². The fourth-order valence-corrected chi connectivity index (χ4v) is 2.26. The van der Waals surface area contributed by atoms with E-state index in [2.05, 4.69) is 12.6 Å². The summed E-state index contributed by atoms with van der Waals surface area (Å²) in [5.41, 5.74) is 0. The number of hydrogen-bond donors (Lipinski definition) is 2. The molecule has 11 heavy (non-hydrogen) atoms. The monoisotopic (exact) mass is 196 g/mol. The van der Waals surface area contributed by atoms with E-state index >= 15 is 0 Å². The lowest BCUT2D eigenvalue weighted by Gasteiger charge is -2.12. The maximum atomic E-state index is 9.13. The summed E-state index contributed by atoms with van der Waals surface area (Å²) < 4.78 is 10.1. The highest BCUT2D eigenvalue weighted by atomic mass is 32.1. The van der Waals surface area contributed by atoms with Crippen LogP contribution in [0.4, 0.5) is 0 Å². The van der Waals surface area contributed by atoms with Gasteiger partial charge >= 0.3 is 9.28 Å². The lowest BCUT2D eigenvalue weighted by Crippen LogP contribution is -2.21. The van der Waals surface area contributed by atoms with Crippen molar-refractivity contribution in [2.75, 3.05) is 20.0 Å². The van der Waals surface area contributed by atoms with Gasteiger partial charge in [0.05, 0.1) is 6.10 Å². The van der Waals surface area contributed by atoms with Crippen LogP contribution in [-0.4, -0.2) is 40.5 Å². The third-order valence-electron chi connectivity index (χ3n) is 1.47. The first-order valence-electron chi connectivity index (χ1n) is 3.59. The molecule has 0 aliphatic heterocycles. The molecule has 0 amide bonds. The SMILES string of the molecule is CO[SiH](CCC(O)CS)OC. The van der Waals surface area contributed by atoms with Gasteiger partial charge < -0.3 is 14.0 Å². The third-order valence-corrected chi connectivity index (χ3v) is 3.75. The molecule has 0 aromatic heterocycles.